The number of carbonyl (C=O) groups excluding carboxylic acids is 1. The summed E-state index contributed by atoms with van der Waals surface area (Å²) in [7, 11) is 0. The number of carbonyl (C=O) groups is 1. The van der Waals surface area contributed by atoms with Crippen molar-refractivity contribution in [3.8, 4) is 0 Å². The first kappa shape index (κ1) is 14.9. The quantitative estimate of drug-likeness (QED) is 0.686. The molecule has 0 radical (unpaired) electrons. The first-order chi connectivity index (χ1) is 7.79. The summed E-state index contributed by atoms with van der Waals surface area (Å²) in [5, 5.41) is 0. The van der Waals surface area contributed by atoms with Gasteiger partial charge in [-0.05, 0) is 56.1 Å². The van der Waals surface area contributed by atoms with Gasteiger partial charge in [0.05, 0.1) is 0 Å². The first-order valence-electron chi connectivity index (χ1n) is 4.21. The van der Waals surface area contributed by atoms with Gasteiger partial charge in [0.15, 0.2) is 0 Å². The van der Waals surface area contributed by atoms with Crippen LogP contribution in [0.5, 0.6) is 0 Å². The maximum atomic E-state index is 8.00. The van der Waals surface area contributed by atoms with E-state index in [2.05, 4.69) is 41.8 Å². The van der Waals surface area contributed by atoms with E-state index in [0.29, 0.717) is 0 Å². The fourth-order valence-corrected chi connectivity index (χ4v) is 1.23. The second-order valence-corrected chi connectivity index (χ2v) is 3.93. The van der Waals surface area contributed by atoms with E-state index in [1.54, 1.807) is 12.4 Å². The van der Waals surface area contributed by atoms with Crippen molar-refractivity contribution in [3.63, 3.8) is 0 Å². The van der Waals surface area contributed by atoms with Crippen LogP contribution in [0.4, 0.5) is 0 Å². The van der Waals surface area contributed by atoms with E-state index < -0.39 is 0 Å². The minimum absolute atomic E-state index is 0.884. The van der Waals surface area contributed by atoms with E-state index in [9.17, 15) is 0 Å². The van der Waals surface area contributed by atoms with Gasteiger partial charge in [0.1, 0.15) is 16.0 Å². The highest BCUT2D eigenvalue weighted by molar-refractivity contribution is 9.10. The number of pyridine rings is 2. The monoisotopic (exact) mass is 344 g/mol. The van der Waals surface area contributed by atoms with E-state index in [4.69, 9.17) is 4.79 Å². The van der Waals surface area contributed by atoms with Crippen LogP contribution in [0.3, 0.4) is 0 Å². The lowest BCUT2D eigenvalue weighted by Crippen LogP contribution is -1.66. The van der Waals surface area contributed by atoms with Crippen molar-refractivity contribution < 1.29 is 4.79 Å². The highest BCUT2D eigenvalue weighted by Gasteiger charge is 1.76. The van der Waals surface area contributed by atoms with Gasteiger partial charge in [-0.1, -0.05) is 12.1 Å². The Morgan fingerprint density at radius 1 is 0.812 bits per heavy atom. The topological polar surface area (TPSA) is 42.9 Å². The molecule has 0 aromatic carbocycles. The molecule has 0 aliphatic carbocycles. The molecule has 0 atom stereocenters. The van der Waals surface area contributed by atoms with Gasteiger partial charge in [-0.15, -0.1) is 0 Å². The van der Waals surface area contributed by atoms with Crippen LogP contribution < -0.4 is 0 Å². The molecular formula is C11H10Br2N2O. The summed E-state index contributed by atoms with van der Waals surface area (Å²) >= 11 is 6.40. The molecule has 0 spiro atoms. The predicted octanol–water partition coefficient (Wildman–Crippen LogP) is 3.50. The Morgan fingerprint density at radius 3 is 1.31 bits per heavy atom. The summed E-state index contributed by atoms with van der Waals surface area (Å²) < 4.78 is 1.77. The smallest absolute Gasteiger partial charge is 0.106 e. The molecule has 2 rings (SSSR count). The maximum absolute atomic E-state index is 8.00. The zero-order valence-electron chi connectivity index (χ0n) is 8.38. The van der Waals surface area contributed by atoms with Gasteiger partial charge < -0.3 is 4.79 Å². The third-order valence-electron chi connectivity index (χ3n) is 1.26. The predicted molar refractivity (Wildman–Crippen MR) is 71.0 cm³/mol. The Labute approximate surface area is 111 Å². The van der Waals surface area contributed by atoms with Gasteiger partial charge in [0.2, 0.25) is 0 Å². The van der Waals surface area contributed by atoms with Crippen LogP contribution in [0.2, 0.25) is 0 Å². The second kappa shape index (κ2) is 10.4. The van der Waals surface area contributed by atoms with Crippen LogP contribution >= 0.6 is 31.9 Å². The van der Waals surface area contributed by atoms with Gasteiger partial charge in [-0.25, -0.2) is 9.97 Å². The third-order valence-corrected chi connectivity index (χ3v) is 2.20. The van der Waals surface area contributed by atoms with Gasteiger partial charge in [-0.3, -0.25) is 0 Å². The summed E-state index contributed by atoms with van der Waals surface area (Å²) in [6.45, 7) is 2.00. The molecule has 16 heavy (non-hydrogen) atoms. The lowest BCUT2D eigenvalue weighted by Gasteiger charge is -1.80. The van der Waals surface area contributed by atoms with Crippen molar-refractivity contribution in [2.24, 2.45) is 0 Å². The number of rotatable bonds is 0. The van der Waals surface area contributed by atoms with Crippen molar-refractivity contribution in [3.05, 3.63) is 58.0 Å². The summed E-state index contributed by atoms with van der Waals surface area (Å²) in [6, 6.07) is 11.4. The number of halogens is 2. The van der Waals surface area contributed by atoms with E-state index >= 15 is 0 Å². The van der Waals surface area contributed by atoms with Crippen LogP contribution in [0.1, 0.15) is 0 Å². The lowest BCUT2D eigenvalue weighted by molar-refractivity contribution is -0.0979. The first-order valence-corrected chi connectivity index (χ1v) is 5.79. The molecule has 3 nitrogen and oxygen atoms in total. The highest BCUT2D eigenvalue weighted by atomic mass is 79.9. The standard InChI is InChI=1S/2C5H4BrN.CH2O/c2*6-5-3-1-2-4-7-5;1-2/h2*1-4H;1H2. The fourth-order valence-electron chi connectivity index (χ4n) is 0.684. The van der Waals surface area contributed by atoms with E-state index in [1.807, 2.05) is 43.2 Å². The van der Waals surface area contributed by atoms with Gasteiger partial charge in [-0.2, -0.15) is 0 Å². The van der Waals surface area contributed by atoms with E-state index in [1.165, 1.54) is 0 Å². The molecule has 0 unspecified atom stereocenters. The number of hydrogen-bond donors (Lipinski definition) is 0. The van der Waals surface area contributed by atoms with Crippen LogP contribution in [-0.2, 0) is 4.79 Å². The van der Waals surface area contributed by atoms with E-state index in [-0.39, 0.29) is 0 Å². The third kappa shape index (κ3) is 8.26. The average Bonchev–Trinajstić information content (AvgIpc) is 2.34. The van der Waals surface area contributed by atoms with Crippen molar-refractivity contribution in [2.75, 3.05) is 0 Å². The average molecular weight is 346 g/mol. The molecule has 2 aromatic rings. The summed E-state index contributed by atoms with van der Waals surface area (Å²) in [5.74, 6) is 0. The number of nitrogens with zero attached hydrogens (tertiary/aromatic N) is 2. The molecular weight excluding hydrogens is 336 g/mol. The number of aromatic nitrogens is 2. The Bertz CT molecular complexity index is 333. The molecule has 0 aliphatic rings. The van der Waals surface area contributed by atoms with E-state index in [0.717, 1.165) is 9.21 Å². The van der Waals surface area contributed by atoms with Crippen molar-refractivity contribution in [1.82, 2.24) is 9.97 Å². The summed E-state index contributed by atoms with van der Waals surface area (Å²) in [4.78, 5) is 15.8. The molecule has 84 valence electrons. The second-order valence-electron chi connectivity index (χ2n) is 2.30. The van der Waals surface area contributed by atoms with Crippen LogP contribution in [0.25, 0.3) is 0 Å². The summed E-state index contributed by atoms with van der Waals surface area (Å²) in [6.07, 6.45) is 3.48. The minimum atomic E-state index is 0.884. The molecule has 0 amide bonds. The maximum Gasteiger partial charge on any atom is 0.106 e. The molecule has 0 saturated heterocycles. The van der Waals surface area contributed by atoms with Crippen molar-refractivity contribution in [2.45, 2.75) is 0 Å². The van der Waals surface area contributed by atoms with Crippen LogP contribution in [0.15, 0.2) is 58.0 Å². The molecule has 0 fully saturated rings. The fraction of sp³-hybridized carbons (Fsp3) is 0. The molecule has 0 bridgehead atoms. The zero-order valence-corrected chi connectivity index (χ0v) is 11.6. The van der Waals surface area contributed by atoms with Gasteiger partial charge in [0, 0.05) is 12.4 Å². The molecule has 2 heterocycles. The molecule has 2 aromatic heterocycles. The number of hydrogen-bond acceptors (Lipinski definition) is 3. The van der Waals surface area contributed by atoms with Crippen LogP contribution in [-0.4, -0.2) is 16.8 Å². The van der Waals surface area contributed by atoms with Gasteiger partial charge in [0.25, 0.3) is 0 Å². The molecule has 0 saturated carbocycles. The lowest BCUT2D eigenvalue weighted by atomic mass is 10.5. The van der Waals surface area contributed by atoms with Crippen LogP contribution in [0, 0.1) is 0 Å². The molecule has 0 N–H and O–H groups in total. The normalized spacial score (nSPS) is 7.88. The van der Waals surface area contributed by atoms with Crippen molar-refractivity contribution >= 4 is 38.6 Å². The highest BCUT2D eigenvalue weighted by Crippen LogP contribution is 2.00. The Balaban J connectivity index is 0.000000244. The largest absolute Gasteiger partial charge is 0.307 e. The van der Waals surface area contributed by atoms with Crippen molar-refractivity contribution in [1.29, 1.82) is 0 Å². The minimum Gasteiger partial charge on any atom is -0.307 e. The molecule has 0 aliphatic heterocycles. The Hall–Kier alpha value is -1.07. The summed E-state index contributed by atoms with van der Waals surface area (Å²) in [5.41, 5.74) is 0. The Morgan fingerprint density at radius 2 is 1.19 bits per heavy atom. The SMILES string of the molecule is Brc1ccccn1.Brc1ccccn1.C=O. The Kier molecular flexibility index (Phi) is 9.75. The molecule has 5 heteroatoms. The van der Waals surface area contributed by atoms with Gasteiger partial charge >= 0.3 is 0 Å². The zero-order chi connectivity index (χ0) is 12.2.